The second kappa shape index (κ2) is 5.10. The minimum atomic E-state index is -1.24. The highest BCUT2D eigenvalue weighted by Gasteiger charge is 2.30. The number of para-hydroxylation sites is 1. The van der Waals surface area contributed by atoms with Gasteiger partial charge >= 0.3 is 0 Å². The Kier molecular flexibility index (Phi) is 3.40. The van der Waals surface area contributed by atoms with Gasteiger partial charge in [0.1, 0.15) is 11.4 Å². The van der Waals surface area contributed by atoms with Crippen molar-refractivity contribution in [2.75, 3.05) is 7.11 Å². The Balaban J connectivity index is 2.12. The maximum Gasteiger partial charge on any atom is 0.176 e. The third-order valence-corrected chi connectivity index (χ3v) is 3.87. The van der Waals surface area contributed by atoms with Crippen LogP contribution in [0.1, 0.15) is 18.2 Å². The normalized spacial score (nSPS) is 14.1. The minimum absolute atomic E-state index is 0.462. The van der Waals surface area contributed by atoms with Crippen molar-refractivity contribution in [3.63, 3.8) is 0 Å². The average molecular weight is 303 g/mol. The van der Waals surface area contributed by atoms with Crippen LogP contribution in [-0.2, 0) is 5.60 Å². The SMILES string of the molecule is COc1cccc2cc(C(C)(O)c3ccc(Cl)cc3)oc12. The second-order valence-electron chi connectivity index (χ2n) is 5.07. The number of halogens is 1. The predicted octanol–water partition coefficient (Wildman–Crippen LogP) is 4.35. The van der Waals surface area contributed by atoms with Crippen LogP contribution in [0.3, 0.4) is 0 Å². The first kappa shape index (κ1) is 14.0. The molecule has 4 heteroatoms. The summed E-state index contributed by atoms with van der Waals surface area (Å²) in [5.41, 5.74) is 0.100. The van der Waals surface area contributed by atoms with E-state index in [2.05, 4.69) is 0 Å². The van der Waals surface area contributed by atoms with Gasteiger partial charge in [-0.15, -0.1) is 0 Å². The fraction of sp³-hybridized carbons (Fsp3) is 0.176. The topological polar surface area (TPSA) is 42.6 Å². The predicted molar refractivity (Wildman–Crippen MR) is 82.9 cm³/mol. The van der Waals surface area contributed by atoms with Crippen molar-refractivity contribution in [3.05, 3.63) is 64.9 Å². The summed E-state index contributed by atoms with van der Waals surface area (Å²) < 4.78 is 11.1. The number of benzene rings is 2. The van der Waals surface area contributed by atoms with Gasteiger partial charge in [0.2, 0.25) is 0 Å². The van der Waals surface area contributed by atoms with Crippen molar-refractivity contribution in [2.24, 2.45) is 0 Å². The zero-order valence-corrected chi connectivity index (χ0v) is 12.5. The number of aliphatic hydroxyl groups is 1. The zero-order chi connectivity index (χ0) is 15.0. The summed E-state index contributed by atoms with van der Waals surface area (Å²) >= 11 is 5.89. The summed E-state index contributed by atoms with van der Waals surface area (Å²) in [4.78, 5) is 0. The molecule has 0 aliphatic carbocycles. The Labute approximate surface area is 127 Å². The number of methoxy groups -OCH3 is 1. The number of rotatable bonds is 3. The van der Waals surface area contributed by atoms with E-state index in [0.29, 0.717) is 27.7 Å². The van der Waals surface area contributed by atoms with Gasteiger partial charge in [-0.1, -0.05) is 35.9 Å². The third kappa shape index (κ3) is 2.39. The first-order chi connectivity index (χ1) is 10.0. The maximum absolute atomic E-state index is 10.8. The van der Waals surface area contributed by atoms with Gasteiger partial charge in [-0.25, -0.2) is 0 Å². The van der Waals surface area contributed by atoms with Gasteiger partial charge in [-0.05, 0) is 36.8 Å². The average Bonchev–Trinajstić information content (AvgIpc) is 2.92. The standard InChI is InChI=1S/C17H15ClO3/c1-17(19,12-6-8-13(18)9-7-12)15-10-11-4-3-5-14(20-2)16(11)21-15/h3-10,19H,1-2H3. The number of hydrogen-bond donors (Lipinski definition) is 1. The van der Waals surface area contributed by atoms with Crippen molar-refractivity contribution in [1.29, 1.82) is 0 Å². The van der Waals surface area contributed by atoms with Crippen molar-refractivity contribution in [1.82, 2.24) is 0 Å². The molecule has 3 rings (SSSR count). The lowest BCUT2D eigenvalue weighted by Gasteiger charge is -2.21. The summed E-state index contributed by atoms with van der Waals surface area (Å²) in [7, 11) is 1.59. The first-order valence-electron chi connectivity index (χ1n) is 6.58. The summed E-state index contributed by atoms with van der Waals surface area (Å²) in [6.45, 7) is 1.69. The molecule has 3 nitrogen and oxygen atoms in total. The van der Waals surface area contributed by atoms with Crippen molar-refractivity contribution in [2.45, 2.75) is 12.5 Å². The van der Waals surface area contributed by atoms with Crippen LogP contribution in [0, 0.1) is 0 Å². The van der Waals surface area contributed by atoms with E-state index in [9.17, 15) is 5.11 Å². The molecule has 0 spiro atoms. The monoisotopic (exact) mass is 302 g/mol. The number of furan rings is 1. The lowest BCUT2D eigenvalue weighted by molar-refractivity contribution is 0.0785. The molecule has 1 heterocycles. The van der Waals surface area contributed by atoms with Crippen molar-refractivity contribution < 1.29 is 14.3 Å². The molecule has 0 saturated heterocycles. The van der Waals surface area contributed by atoms with Gasteiger partial charge in [0, 0.05) is 10.4 Å². The molecule has 0 bridgehead atoms. The highest BCUT2D eigenvalue weighted by molar-refractivity contribution is 6.30. The van der Waals surface area contributed by atoms with Gasteiger partial charge in [0.05, 0.1) is 7.11 Å². The molecular weight excluding hydrogens is 288 g/mol. The van der Waals surface area contributed by atoms with Crippen LogP contribution >= 0.6 is 11.6 Å². The summed E-state index contributed by atoms with van der Waals surface area (Å²) in [5, 5.41) is 12.3. The molecule has 3 aromatic rings. The Morgan fingerprint density at radius 2 is 1.86 bits per heavy atom. The van der Waals surface area contributed by atoms with E-state index in [1.54, 1.807) is 38.3 Å². The van der Waals surface area contributed by atoms with Crippen molar-refractivity contribution >= 4 is 22.6 Å². The molecule has 0 radical (unpaired) electrons. The van der Waals surface area contributed by atoms with E-state index >= 15 is 0 Å². The molecule has 1 atom stereocenters. The lowest BCUT2D eigenvalue weighted by atomic mass is 9.93. The molecule has 2 aromatic carbocycles. The Morgan fingerprint density at radius 3 is 2.52 bits per heavy atom. The maximum atomic E-state index is 10.8. The van der Waals surface area contributed by atoms with Crippen LogP contribution in [0.15, 0.2) is 52.9 Å². The second-order valence-corrected chi connectivity index (χ2v) is 5.50. The third-order valence-electron chi connectivity index (χ3n) is 3.61. The first-order valence-corrected chi connectivity index (χ1v) is 6.95. The molecule has 0 saturated carbocycles. The number of ether oxygens (including phenoxy) is 1. The zero-order valence-electron chi connectivity index (χ0n) is 11.8. The molecule has 1 N–H and O–H groups in total. The highest BCUT2D eigenvalue weighted by Crippen LogP contribution is 2.36. The van der Waals surface area contributed by atoms with E-state index in [-0.39, 0.29) is 0 Å². The van der Waals surface area contributed by atoms with Gasteiger partial charge in [-0.2, -0.15) is 0 Å². The van der Waals surface area contributed by atoms with Crippen LogP contribution in [0.4, 0.5) is 0 Å². The highest BCUT2D eigenvalue weighted by atomic mass is 35.5. The van der Waals surface area contributed by atoms with Gasteiger partial charge in [0.15, 0.2) is 11.3 Å². The summed E-state index contributed by atoms with van der Waals surface area (Å²) in [6, 6.07) is 14.5. The minimum Gasteiger partial charge on any atom is -0.493 e. The molecular formula is C17H15ClO3. The number of hydrogen-bond acceptors (Lipinski definition) is 3. The molecule has 108 valence electrons. The molecule has 0 fully saturated rings. The molecule has 1 unspecified atom stereocenters. The quantitative estimate of drug-likeness (QED) is 0.782. The van der Waals surface area contributed by atoms with Crippen LogP contribution in [-0.4, -0.2) is 12.2 Å². The molecule has 0 aliphatic heterocycles. The van der Waals surface area contributed by atoms with Gasteiger partial charge in [-0.3, -0.25) is 0 Å². The number of fused-ring (bicyclic) bond motifs is 1. The van der Waals surface area contributed by atoms with Crippen LogP contribution in [0.25, 0.3) is 11.0 Å². The smallest absolute Gasteiger partial charge is 0.176 e. The summed E-state index contributed by atoms with van der Waals surface area (Å²) in [5.74, 6) is 1.11. The van der Waals surface area contributed by atoms with E-state index < -0.39 is 5.60 Å². The fourth-order valence-electron chi connectivity index (χ4n) is 2.35. The van der Waals surface area contributed by atoms with E-state index in [1.165, 1.54) is 0 Å². The Morgan fingerprint density at radius 1 is 1.14 bits per heavy atom. The molecule has 1 aromatic heterocycles. The summed E-state index contributed by atoms with van der Waals surface area (Å²) in [6.07, 6.45) is 0. The largest absolute Gasteiger partial charge is 0.493 e. The molecule has 21 heavy (non-hydrogen) atoms. The molecule has 0 amide bonds. The van der Waals surface area contributed by atoms with Gasteiger partial charge in [0.25, 0.3) is 0 Å². The van der Waals surface area contributed by atoms with E-state index in [4.69, 9.17) is 20.8 Å². The fourth-order valence-corrected chi connectivity index (χ4v) is 2.48. The molecule has 0 aliphatic rings. The van der Waals surface area contributed by atoms with Crippen LogP contribution in [0.2, 0.25) is 5.02 Å². The van der Waals surface area contributed by atoms with E-state index in [1.807, 2.05) is 24.3 Å². The Bertz CT molecular complexity index is 772. The Hall–Kier alpha value is -1.97. The van der Waals surface area contributed by atoms with Crippen molar-refractivity contribution in [3.8, 4) is 5.75 Å². The van der Waals surface area contributed by atoms with Gasteiger partial charge < -0.3 is 14.3 Å². The van der Waals surface area contributed by atoms with Crippen LogP contribution in [0.5, 0.6) is 5.75 Å². The lowest BCUT2D eigenvalue weighted by Crippen LogP contribution is -2.21. The van der Waals surface area contributed by atoms with E-state index in [0.717, 1.165) is 5.39 Å². The van der Waals surface area contributed by atoms with Crippen LogP contribution < -0.4 is 4.74 Å².